The first-order valence-electron chi connectivity index (χ1n) is 4.97. The van der Waals surface area contributed by atoms with Gasteiger partial charge < -0.3 is 9.53 Å². The summed E-state index contributed by atoms with van der Waals surface area (Å²) in [5, 5.41) is 0. The Labute approximate surface area is 88.1 Å². The fourth-order valence-electron chi connectivity index (χ4n) is 1.84. The Kier molecular flexibility index (Phi) is 2.54. The SMILES string of the molecule is C[C@H]1Cc2cc(CC=O)ccc2C(=O)O1. The van der Waals surface area contributed by atoms with E-state index < -0.39 is 0 Å². The molecule has 0 N–H and O–H groups in total. The molecule has 1 heterocycles. The van der Waals surface area contributed by atoms with Gasteiger partial charge in [0.05, 0.1) is 5.56 Å². The number of esters is 1. The highest BCUT2D eigenvalue weighted by Crippen LogP contribution is 2.21. The standard InChI is InChI=1S/C12H12O3/c1-8-6-10-7-9(4-5-13)2-3-11(10)12(14)15-8/h2-3,5,7-8H,4,6H2,1H3/t8-/m0/s1. The second-order valence-electron chi connectivity index (χ2n) is 3.78. The van der Waals surface area contributed by atoms with E-state index in [0.29, 0.717) is 12.0 Å². The van der Waals surface area contributed by atoms with Crippen LogP contribution in [0.3, 0.4) is 0 Å². The molecule has 15 heavy (non-hydrogen) atoms. The minimum absolute atomic E-state index is 0.0727. The Morgan fingerprint density at radius 2 is 2.33 bits per heavy atom. The van der Waals surface area contributed by atoms with Crippen LogP contribution in [-0.2, 0) is 22.4 Å². The molecule has 0 spiro atoms. The topological polar surface area (TPSA) is 43.4 Å². The highest BCUT2D eigenvalue weighted by atomic mass is 16.5. The van der Waals surface area contributed by atoms with E-state index in [4.69, 9.17) is 4.74 Å². The Bertz CT molecular complexity index is 409. The Morgan fingerprint density at radius 3 is 3.07 bits per heavy atom. The fraction of sp³-hybridized carbons (Fsp3) is 0.333. The number of fused-ring (bicyclic) bond motifs is 1. The van der Waals surface area contributed by atoms with Crippen LogP contribution in [0.15, 0.2) is 18.2 Å². The van der Waals surface area contributed by atoms with Crippen LogP contribution < -0.4 is 0 Å². The van der Waals surface area contributed by atoms with Crippen molar-refractivity contribution in [1.29, 1.82) is 0 Å². The first-order chi connectivity index (χ1) is 7.20. The molecule has 3 nitrogen and oxygen atoms in total. The van der Waals surface area contributed by atoms with E-state index in [1.807, 2.05) is 13.0 Å². The summed E-state index contributed by atoms with van der Waals surface area (Å²) in [5.74, 6) is -0.263. The molecule has 78 valence electrons. The summed E-state index contributed by atoms with van der Waals surface area (Å²) in [6.07, 6.45) is 1.92. The van der Waals surface area contributed by atoms with Crippen LogP contribution in [0.2, 0.25) is 0 Å². The lowest BCUT2D eigenvalue weighted by Gasteiger charge is -2.21. The summed E-state index contributed by atoms with van der Waals surface area (Å²) in [5.41, 5.74) is 2.56. The summed E-state index contributed by atoms with van der Waals surface area (Å²) in [6, 6.07) is 5.45. The van der Waals surface area contributed by atoms with Gasteiger partial charge in [0.2, 0.25) is 0 Å². The van der Waals surface area contributed by atoms with E-state index in [0.717, 1.165) is 23.8 Å². The van der Waals surface area contributed by atoms with Gasteiger partial charge in [0, 0.05) is 12.8 Å². The average Bonchev–Trinajstić information content (AvgIpc) is 2.17. The quantitative estimate of drug-likeness (QED) is 0.542. The lowest BCUT2D eigenvalue weighted by Crippen LogP contribution is -2.25. The van der Waals surface area contributed by atoms with E-state index in [9.17, 15) is 9.59 Å². The molecule has 1 atom stereocenters. The molecule has 2 rings (SSSR count). The molecule has 3 heteroatoms. The molecule has 0 radical (unpaired) electrons. The minimum Gasteiger partial charge on any atom is -0.459 e. The van der Waals surface area contributed by atoms with Crippen molar-refractivity contribution in [1.82, 2.24) is 0 Å². The Hall–Kier alpha value is -1.64. The summed E-state index contributed by atoms with van der Waals surface area (Å²) in [4.78, 5) is 21.9. The Morgan fingerprint density at radius 1 is 1.53 bits per heavy atom. The molecule has 0 fully saturated rings. The summed E-state index contributed by atoms with van der Waals surface area (Å²) < 4.78 is 5.10. The maximum Gasteiger partial charge on any atom is 0.338 e. The predicted octanol–water partition coefficient (Wildman–Crippen LogP) is 1.53. The molecule has 1 aromatic rings. The zero-order valence-corrected chi connectivity index (χ0v) is 8.53. The summed E-state index contributed by atoms with van der Waals surface area (Å²) >= 11 is 0. The third-order valence-electron chi connectivity index (χ3n) is 2.52. The van der Waals surface area contributed by atoms with Crippen molar-refractivity contribution in [3.63, 3.8) is 0 Å². The van der Waals surface area contributed by atoms with Gasteiger partial charge in [-0.2, -0.15) is 0 Å². The summed E-state index contributed by atoms with van der Waals surface area (Å²) in [6.45, 7) is 1.87. The largest absolute Gasteiger partial charge is 0.459 e. The first kappa shape index (κ1) is 9.90. The van der Waals surface area contributed by atoms with E-state index in [2.05, 4.69) is 0 Å². The van der Waals surface area contributed by atoms with Crippen LogP contribution >= 0.6 is 0 Å². The van der Waals surface area contributed by atoms with E-state index in [1.165, 1.54) is 0 Å². The number of cyclic esters (lactones) is 1. The van der Waals surface area contributed by atoms with Gasteiger partial charge in [-0.25, -0.2) is 4.79 Å². The molecule has 0 aromatic heterocycles. The van der Waals surface area contributed by atoms with Crippen molar-refractivity contribution in [2.45, 2.75) is 25.9 Å². The summed E-state index contributed by atoms with van der Waals surface area (Å²) in [7, 11) is 0. The minimum atomic E-state index is -0.263. The molecule has 0 aliphatic carbocycles. The lowest BCUT2D eigenvalue weighted by molar-refractivity contribution is -0.107. The number of hydrogen-bond donors (Lipinski definition) is 0. The van der Waals surface area contributed by atoms with Gasteiger partial charge >= 0.3 is 5.97 Å². The van der Waals surface area contributed by atoms with Crippen molar-refractivity contribution in [2.24, 2.45) is 0 Å². The molecule has 1 aliphatic heterocycles. The van der Waals surface area contributed by atoms with Gasteiger partial charge in [0.25, 0.3) is 0 Å². The van der Waals surface area contributed by atoms with Gasteiger partial charge in [0.15, 0.2) is 0 Å². The van der Waals surface area contributed by atoms with E-state index >= 15 is 0 Å². The van der Waals surface area contributed by atoms with Crippen molar-refractivity contribution in [2.75, 3.05) is 0 Å². The van der Waals surface area contributed by atoms with Crippen molar-refractivity contribution >= 4 is 12.3 Å². The molecular formula is C12H12O3. The molecule has 1 aliphatic rings. The highest BCUT2D eigenvalue weighted by Gasteiger charge is 2.23. The smallest absolute Gasteiger partial charge is 0.338 e. The van der Waals surface area contributed by atoms with Crippen molar-refractivity contribution < 1.29 is 14.3 Å². The van der Waals surface area contributed by atoms with Crippen LogP contribution in [0.4, 0.5) is 0 Å². The van der Waals surface area contributed by atoms with Gasteiger partial charge in [-0.05, 0) is 24.1 Å². The van der Waals surface area contributed by atoms with Crippen LogP contribution in [0.1, 0.15) is 28.4 Å². The van der Waals surface area contributed by atoms with Gasteiger partial charge in [-0.15, -0.1) is 0 Å². The zero-order valence-electron chi connectivity index (χ0n) is 8.53. The van der Waals surface area contributed by atoms with E-state index in [-0.39, 0.29) is 12.1 Å². The molecule has 0 saturated carbocycles. The normalized spacial score (nSPS) is 19.3. The second kappa shape index (κ2) is 3.85. The third-order valence-corrected chi connectivity index (χ3v) is 2.52. The van der Waals surface area contributed by atoms with Gasteiger partial charge in [0.1, 0.15) is 12.4 Å². The number of benzene rings is 1. The maximum atomic E-state index is 11.5. The highest BCUT2D eigenvalue weighted by molar-refractivity contribution is 5.92. The van der Waals surface area contributed by atoms with Gasteiger partial charge in [-0.3, -0.25) is 0 Å². The molecule has 0 amide bonds. The number of hydrogen-bond acceptors (Lipinski definition) is 3. The second-order valence-corrected chi connectivity index (χ2v) is 3.78. The number of carbonyl (C=O) groups excluding carboxylic acids is 2. The molecule has 1 aromatic carbocycles. The number of ether oxygens (including phenoxy) is 1. The molecule has 0 unspecified atom stereocenters. The van der Waals surface area contributed by atoms with Crippen LogP contribution in [0, 0.1) is 0 Å². The monoisotopic (exact) mass is 204 g/mol. The number of aldehydes is 1. The molecule has 0 bridgehead atoms. The van der Waals surface area contributed by atoms with Gasteiger partial charge in [-0.1, -0.05) is 12.1 Å². The lowest BCUT2D eigenvalue weighted by atomic mass is 9.96. The predicted molar refractivity (Wildman–Crippen MR) is 54.8 cm³/mol. The van der Waals surface area contributed by atoms with Crippen LogP contribution in [0.5, 0.6) is 0 Å². The zero-order chi connectivity index (χ0) is 10.8. The van der Waals surface area contributed by atoms with Crippen LogP contribution in [0.25, 0.3) is 0 Å². The fourth-order valence-corrected chi connectivity index (χ4v) is 1.84. The Balaban J connectivity index is 2.38. The van der Waals surface area contributed by atoms with Crippen LogP contribution in [-0.4, -0.2) is 18.4 Å². The number of rotatable bonds is 2. The average molecular weight is 204 g/mol. The van der Waals surface area contributed by atoms with E-state index in [1.54, 1.807) is 12.1 Å². The van der Waals surface area contributed by atoms with Crippen molar-refractivity contribution in [3.8, 4) is 0 Å². The maximum absolute atomic E-state index is 11.5. The first-order valence-corrected chi connectivity index (χ1v) is 4.97. The number of carbonyl (C=O) groups is 2. The molecular weight excluding hydrogens is 192 g/mol. The van der Waals surface area contributed by atoms with Crippen molar-refractivity contribution in [3.05, 3.63) is 34.9 Å². The third kappa shape index (κ3) is 1.91. The molecule has 0 saturated heterocycles.